The Morgan fingerprint density at radius 2 is 1.34 bits per heavy atom. The zero-order valence-corrected chi connectivity index (χ0v) is 24.8. The molecule has 218 valence electrons. The summed E-state index contributed by atoms with van der Waals surface area (Å²) >= 11 is 0. The Balaban J connectivity index is 1.61. The molecule has 1 aliphatic carbocycles. The Kier molecular flexibility index (Phi) is 10.6. The highest BCUT2D eigenvalue weighted by Gasteiger charge is 2.38. The third kappa shape index (κ3) is 6.97. The van der Waals surface area contributed by atoms with Gasteiger partial charge in [0.05, 0.1) is 6.54 Å². The minimum atomic E-state index is -0.730. The predicted molar refractivity (Wildman–Crippen MR) is 160 cm³/mol. The molecule has 0 saturated heterocycles. The summed E-state index contributed by atoms with van der Waals surface area (Å²) in [5.74, 6) is -0.279. The van der Waals surface area contributed by atoms with Gasteiger partial charge in [-0.3, -0.25) is 9.69 Å². The van der Waals surface area contributed by atoms with Crippen molar-refractivity contribution in [2.45, 2.75) is 59.1 Å². The molecule has 0 saturated carbocycles. The molecule has 0 radical (unpaired) electrons. The van der Waals surface area contributed by atoms with Crippen LogP contribution >= 0.6 is 0 Å². The normalized spacial score (nSPS) is 13.8. The number of ether oxygens (including phenoxy) is 3. The monoisotopic (exact) mass is 558 g/mol. The third-order valence-corrected chi connectivity index (χ3v) is 7.74. The number of benzene rings is 3. The Hall–Kier alpha value is -3.68. The fourth-order valence-electron chi connectivity index (χ4n) is 5.48. The van der Waals surface area contributed by atoms with E-state index >= 15 is 0 Å². The second kappa shape index (κ2) is 14.3. The van der Waals surface area contributed by atoms with Crippen LogP contribution in [0.3, 0.4) is 0 Å². The molecule has 2 atom stereocenters. The molecule has 0 unspecified atom stereocenters. The minimum Gasteiger partial charge on any atom is -0.436 e. The summed E-state index contributed by atoms with van der Waals surface area (Å²) in [6.07, 6.45) is -0.932. The van der Waals surface area contributed by atoms with E-state index in [4.69, 9.17) is 14.2 Å². The van der Waals surface area contributed by atoms with Gasteiger partial charge in [0.15, 0.2) is 12.4 Å². The van der Waals surface area contributed by atoms with Gasteiger partial charge < -0.3 is 19.1 Å². The topological polar surface area (TPSA) is 68.3 Å². The van der Waals surface area contributed by atoms with Gasteiger partial charge in [0, 0.05) is 37.9 Å². The van der Waals surface area contributed by atoms with E-state index in [-0.39, 0.29) is 18.4 Å². The molecule has 7 nitrogen and oxygen atoms in total. The van der Waals surface area contributed by atoms with Crippen molar-refractivity contribution in [3.63, 3.8) is 0 Å². The highest BCUT2D eigenvalue weighted by atomic mass is 16.7. The number of hydrogen-bond acceptors (Lipinski definition) is 5. The van der Waals surface area contributed by atoms with Crippen LogP contribution < -0.4 is 0 Å². The highest BCUT2D eigenvalue weighted by molar-refractivity contribution is 5.86. The van der Waals surface area contributed by atoms with E-state index in [0.717, 1.165) is 27.8 Å². The van der Waals surface area contributed by atoms with Crippen molar-refractivity contribution in [2.75, 3.05) is 26.8 Å². The first-order valence-corrected chi connectivity index (χ1v) is 14.6. The lowest BCUT2D eigenvalue weighted by molar-refractivity contribution is -0.163. The molecule has 0 spiro atoms. The molecule has 7 heteroatoms. The van der Waals surface area contributed by atoms with Crippen molar-refractivity contribution in [1.82, 2.24) is 9.80 Å². The molecule has 1 aliphatic rings. The number of rotatable bonds is 13. The zero-order chi connectivity index (χ0) is 29.4. The number of carbonyl (C=O) groups is 2. The van der Waals surface area contributed by atoms with Crippen LogP contribution in [-0.2, 0) is 25.5 Å². The summed E-state index contributed by atoms with van der Waals surface area (Å²) in [6, 6.07) is 25.1. The van der Waals surface area contributed by atoms with Crippen LogP contribution in [0.1, 0.15) is 56.9 Å². The molecule has 41 heavy (non-hydrogen) atoms. The first kappa shape index (κ1) is 30.3. The van der Waals surface area contributed by atoms with Crippen LogP contribution in [0.5, 0.6) is 0 Å². The summed E-state index contributed by atoms with van der Waals surface area (Å²) in [5.41, 5.74) is 5.00. The molecule has 3 aromatic carbocycles. The number of likely N-dealkylation sites (N-methyl/N-ethyl adjacent to an activating group) is 1. The van der Waals surface area contributed by atoms with Crippen molar-refractivity contribution in [2.24, 2.45) is 5.92 Å². The molecule has 0 bridgehead atoms. The second-order valence-corrected chi connectivity index (χ2v) is 10.4. The largest absolute Gasteiger partial charge is 0.436 e. The molecule has 0 aromatic heterocycles. The van der Waals surface area contributed by atoms with Gasteiger partial charge in [0.25, 0.3) is 0 Å². The fraction of sp³-hybridized carbons (Fsp3) is 0.412. The van der Waals surface area contributed by atoms with Crippen molar-refractivity contribution in [3.8, 4) is 11.1 Å². The molecule has 3 aromatic rings. The summed E-state index contributed by atoms with van der Waals surface area (Å²) in [5, 5.41) is 0. The first-order valence-electron chi connectivity index (χ1n) is 14.6. The van der Waals surface area contributed by atoms with E-state index < -0.39 is 24.5 Å². The van der Waals surface area contributed by atoms with E-state index in [0.29, 0.717) is 26.2 Å². The Bertz CT molecular complexity index is 1250. The summed E-state index contributed by atoms with van der Waals surface area (Å²) in [4.78, 5) is 31.3. The van der Waals surface area contributed by atoms with E-state index in [9.17, 15) is 9.59 Å². The first-order chi connectivity index (χ1) is 19.9. The van der Waals surface area contributed by atoms with Crippen LogP contribution in [0, 0.1) is 5.92 Å². The molecule has 0 heterocycles. The van der Waals surface area contributed by atoms with E-state index in [1.54, 1.807) is 11.9 Å². The fourth-order valence-corrected chi connectivity index (χ4v) is 5.48. The molecule has 0 N–H and O–H groups in total. The lowest BCUT2D eigenvalue weighted by Crippen LogP contribution is -2.54. The van der Waals surface area contributed by atoms with Crippen LogP contribution in [0.25, 0.3) is 11.1 Å². The minimum absolute atomic E-state index is 0.112. The van der Waals surface area contributed by atoms with Crippen molar-refractivity contribution in [3.05, 3.63) is 95.6 Å². The lowest BCUT2D eigenvalue weighted by Gasteiger charge is -2.36. The molecular weight excluding hydrogens is 516 g/mol. The highest BCUT2D eigenvalue weighted by Crippen LogP contribution is 2.45. The van der Waals surface area contributed by atoms with Gasteiger partial charge in [-0.1, -0.05) is 99.1 Å². The molecule has 4 rings (SSSR count). The van der Waals surface area contributed by atoms with Crippen LogP contribution in [-0.4, -0.2) is 60.9 Å². The molecular formula is C34H42N2O5. The van der Waals surface area contributed by atoms with Gasteiger partial charge in [-0.2, -0.15) is 0 Å². The molecule has 0 aliphatic heterocycles. The van der Waals surface area contributed by atoms with E-state index in [1.165, 1.54) is 4.90 Å². The summed E-state index contributed by atoms with van der Waals surface area (Å²) < 4.78 is 17.8. The second-order valence-electron chi connectivity index (χ2n) is 10.4. The average Bonchev–Trinajstić information content (AvgIpc) is 3.30. The van der Waals surface area contributed by atoms with Crippen LogP contribution in [0.15, 0.2) is 78.9 Å². The third-order valence-electron chi connectivity index (χ3n) is 7.74. The van der Waals surface area contributed by atoms with Gasteiger partial charge >= 0.3 is 6.09 Å². The van der Waals surface area contributed by atoms with Gasteiger partial charge in [0.2, 0.25) is 5.91 Å². The maximum Gasteiger partial charge on any atom is 0.411 e. The quantitative estimate of drug-likeness (QED) is 0.219. The Morgan fingerprint density at radius 1 is 0.805 bits per heavy atom. The number of amides is 2. The predicted octanol–water partition coefficient (Wildman–Crippen LogP) is 6.67. The van der Waals surface area contributed by atoms with Crippen LogP contribution in [0.4, 0.5) is 4.79 Å². The number of nitrogens with zero attached hydrogens (tertiary/aromatic N) is 2. The number of hydrogen-bond donors (Lipinski definition) is 0. The SMILES string of the molecule is CCOC(CN(Cc1ccccc1)C(=O)[C@H]([C@@H](C)CC)N(C)C(=O)OC1c2ccccc2-c2ccccc21)OCC. The van der Waals surface area contributed by atoms with Crippen molar-refractivity contribution >= 4 is 12.0 Å². The van der Waals surface area contributed by atoms with Gasteiger partial charge in [-0.15, -0.1) is 0 Å². The van der Waals surface area contributed by atoms with Crippen molar-refractivity contribution in [1.29, 1.82) is 0 Å². The Morgan fingerprint density at radius 3 is 1.88 bits per heavy atom. The molecule has 2 amide bonds. The zero-order valence-electron chi connectivity index (χ0n) is 24.8. The number of fused-ring (bicyclic) bond motifs is 3. The summed E-state index contributed by atoms with van der Waals surface area (Å²) in [6.45, 7) is 9.37. The van der Waals surface area contributed by atoms with E-state index in [2.05, 4.69) is 0 Å². The maximum atomic E-state index is 14.3. The number of carbonyl (C=O) groups excluding carboxylic acids is 2. The molecule has 0 fully saturated rings. The van der Waals surface area contributed by atoms with Gasteiger partial charge in [-0.05, 0) is 36.5 Å². The van der Waals surface area contributed by atoms with Crippen molar-refractivity contribution < 1.29 is 23.8 Å². The standard InChI is InChI=1S/C34H42N2O5/c1-6-24(4)31(33(37)36(22-25-16-10-9-11-17-25)23-30(39-7-2)40-8-3)35(5)34(38)41-32-28-20-14-12-18-26(28)27-19-13-15-21-29(27)32/h9-21,24,30-32H,6-8,22-23H2,1-5H3/t24-,31-/m0/s1. The van der Waals surface area contributed by atoms with Gasteiger partial charge in [-0.25, -0.2) is 4.79 Å². The van der Waals surface area contributed by atoms with Crippen LogP contribution in [0.2, 0.25) is 0 Å². The van der Waals surface area contributed by atoms with Gasteiger partial charge in [0.1, 0.15) is 6.04 Å². The Labute approximate surface area is 244 Å². The summed E-state index contributed by atoms with van der Waals surface area (Å²) in [7, 11) is 1.66. The lowest BCUT2D eigenvalue weighted by atomic mass is 9.96. The van der Waals surface area contributed by atoms with E-state index in [1.807, 2.05) is 107 Å². The average molecular weight is 559 g/mol. The smallest absolute Gasteiger partial charge is 0.411 e. The maximum absolute atomic E-state index is 14.3.